The van der Waals surface area contributed by atoms with Crippen LogP contribution in [0.25, 0.3) is 16.9 Å². The van der Waals surface area contributed by atoms with Gasteiger partial charge >= 0.3 is 0 Å². The number of imidazole rings is 1. The number of benzene rings is 3. The fraction of sp³-hybridized carbons (Fsp3) is 0.0370. The lowest BCUT2D eigenvalue weighted by atomic mass is 10.1. The maximum Gasteiger partial charge on any atom is 0.261 e. The molecule has 180 valence electrons. The average molecular weight is 499 g/mol. The van der Waals surface area contributed by atoms with Crippen molar-refractivity contribution in [3.63, 3.8) is 0 Å². The lowest BCUT2D eigenvalue weighted by Gasteiger charge is -2.10. The molecule has 36 heavy (non-hydrogen) atoms. The number of rotatable bonds is 7. The third-order valence-corrected chi connectivity index (χ3v) is 6.97. The summed E-state index contributed by atoms with van der Waals surface area (Å²) in [4.78, 5) is 17.3. The second-order valence-electron chi connectivity index (χ2n) is 7.98. The zero-order valence-electron chi connectivity index (χ0n) is 19.3. The van der Waals surface area contributed by atoms with E-state index < -0.39 is 10.0 Å². The van der Waals surface area contributed by atoms with E-state index in [0.717, 1.165) is 16.9 Å². The molecular weight excluding hydrogens is 476 g/mol. The minimum Gasteiger partial charge on any atom is -0.497 e. The SMILES string of the molecule is COc1ccc(NS(=O)(=O)c2ccc(C(=O)Nc3ccc(-c4cn5ccccc5n4)cc3)cc2)cc1. The predicted molar refractivity (Wildman–Crippen MR) is 139 cm³/mol. The van der Waals surface area contributed by atoms with Crippen molar-refractivity contribution in [2.24, 2.45) is 0 Å². The van der Waals surface area contributed by atoms with Gasteiger partial charge in [-0.25, -0.2) is 13.4 Å². The third kappa shape index (κ3) is 4.91. The summed E-state index contributed by atoms with van der Waals surface area (Å²) in [7, 11) is -2.27. The normalized spacial score (nSPS) is 11.2. The molecule has 5 rings (SSSR count). The van der Waals surface area contributed by atoms with Crippen molar-refractivity contribution >= 4 is 33.0 Å². The van der Waals surface area contributed by atoms with Crippen LogP contribution in [0.4, 0.5) is 11.4 Å². The molecule has 2 heterocycles. The fourth-order valence-corrected chi connectivity index (χ4v) is 4.72. The molecule has 0 spiro atoms. The van der Waals surface area contributed by atoms with Crippen molar-refractivity contribution in [3.05, 3.63) is 109 Å². The van der Waals surface area contributed by atoms with Gasteiger partial charge in [-0.2, -0.15) is 0 Å². The highest BCUT2D eigenvalue weighted by Gasteiger charge is 2.16. The van der Waals surface area contributed by atoms with E-state index in [9.17, 15) is 13.2 Å². The number of amides is 1. The first kappa shape index (κ1) is 23.1. The number of anilines is 2. The molecule has 0 saturated heterocycles. The van der Waals surface area contributed by atoms with Crippen molar-refractivity contribution in [2.75, 3.05) is 17.1 Å². The summed E-state index contributed by atoms with van der Waals surface area (Å²) in [5.74, 6) is 0.278. The smallest absolute Gasteiger partial charge is 0.261 e. The van der Waals surface area contributed by atoms with Crippen LogP contribution < -0.4 is 14.8 Å². The monoisotopic (exact) mass is 498 g/mol. The Balaban J connectivity index is 1.25. The topological polar surface area (TPSA) is 102 Å². The first-order chi connectivity index (χ1) is 17.4. The van der Waals surface area contributed by atoms with Gasteiger partial charge in [0.05, 0.1) is 17.7 Å². The highest BCUT2D eigenvalue weighted by atomic mass is 32.2. The second kappa shape index (κ2) is 9.55. The number of hydrogen-bond donors (Lipinski definition) is 2. The number of nitrogens with zero attached hydrogens (tertiary/aromatic N) is 2. The van der Waals surface area contributed by atoms with Gasteiger partial charge in [0.25, 0.3) is 15.9 Å². The molecular formula is C27H22N4O4S. The van der Waals surface area contributed by atoms with Gasteiger partial charge in [-0.1, -0.05) is 18.2 Å². The van der Waals surface area contributed by atoms with E-state index in [1.54, 1.807) is 36.4 Å². The van der Waals surface area contributed by atoms with Crippen LogP contribution in [0.15, 0.2) is 108 Å². The molecule has 0 fully saturated rings. The lowest BCUT2D eigenvalue weighted by molar-refractivity contribution is 0.102. The molecule has 0 bridgehead atoms. The first-order valence-electron chi connectivity index (χ1n) is 11.0. The molecule has 8 nitrogen and oxygen atoms in total. The number of sulfonamides is 1. The predicted octanol–water partition coefficient (Wildman–Crippen LogP) is 5.06. The highest BCUT2D eigenvalue weighted by molar-refractivity contribution is 7.92. The Labute approximate surface area is 208 Å². The van der Waals surface area contributed by atoms with E-state index in [1.807, 2.05) is 47.1 Å². The Morgan fingerprint density at radius 3 is 2.22 bits per heavy atom. The number of ether oxygens (including phenoxy) is 1. The minimum absolute atomic E-state index is 0.0478. The molecule has 0 atom stereocenters. The van der Waals surface area contributed by atoms with E-state index >= 15 is 0 Å². The molecule has 0 aliphatic heterocycles. The molecule has 0 saturated carbocycles. The Morgan fingerprint density at radius 2 is 1.56 bits per heavy atom. The summed E-state index contributed by atoms with van der Waals surface area (Å²) in [5, 5.41) is 2.83. The van der Waals surface area contributed by atoms with Gasteiger partial charge in [-0.3, -0.25) is 9.52 Å². The van der Waals surface area contributed by atoms with Crippen LogP contribution in [0.5, 0.6) is 5.75 Å². The number of hydrogen-bond acceptors (Lipinski definition) is 5. The van der Waals surface area contributed by atoms with Crippen LogP contribution in [0.1, 0.15) is 10.4 Å². The Morgan fingerprint density at radius 1 is 0.861 bits per heavy atom. The number of carbonyl (C=O) groups is 1. The van der Waals surface area contributed by atoms with Crippen LogP contribution in [-0.2, 0) is 10.0 Å². The van der Waals surface area contributed by atoms with E-state index in [0.29, 0.717) is 22.7 Å². The maximum absolute atomic E-state index is 12.7. The third-order valence-electron chi connectivity index (χ3n) is 5.57. The summed E-state index contributed by atoms with van der Waals surface area (Å²) in [6.07, 6.45) is 3.88. The Bertz CT molecular complexity index is 1590. The summed E-state index contributed by atoms with van der Waals surface area (Å²) in [5.41, 5.74) is 3.97. The number of pyridine rings is 1. The zero-order valence-corrected chi connectivity index (χ0v) is 20.1. The quantitative estimate of drug-likeness (QED) is 0.327. The van der Waals surface area contributed by atoms with Crippen LogP contribution in [-0.4, -0.2) is 30.8 Å². The molecule has 0 aliphatic rings. The van der Waals surface area contributed by atoms with Gasteiger partial charge in [0.15, 0.2) is 0 Å². The Kier molecular flexibility index (Phi) is 6.14. The highest BCUT2D eigenvalue weighted by Crippen LogP contribution is 2.23. The standard InChI is InChI=1S/C27H22N4O4S/c1-35-23-13-11-22(12-14-23)30-36(33,34)24-15-7-20(8-16-24)27(32)28-21-9-5-19(6-10-21)25-18-31-17-3-2-4-26(31)29-25/h2-18,30H,1H3,(H,28,32). The number of carbonyl (C=O) groups excluding carboxylic acids is 1. The lowest BCUT2D eigenvalue weighted by Crippen LogP contribution is -2.14. The van der Waals surface area contributed by atoms with Gasteiger partial charge in [0, 0.05) is 34.9 Å². The van der Waals surface area contributed by atoms with Gasteiger partial charge in [0.1, 0.15) is 11.4 Å². The van der Waals surface area contributed by atoms with Gasteiger partial charge in [0.2, 0.25) is 0 Å². The molecule has 0 unspecified atom stereocenters. The van der Waals surface area contributed by atoms with Crippen molar-refractivity contribution in [1.82, 2.24) is 9.38 Å². The second-order valence-corrected chi connectivity index (χ2v) is 9.66. The van der Waals surface area contributed by atoms with Crippen molar-refractivity contribution in [3.8, 4) is 17.0 Å². The van der Waals surface area contributed by atoms with E-state index in [4.69, 9.17) is 4.74 Å². The summed E-state index contributed by atoms with van der Waals surface area (Å²) >= 11 is 0. The van der Waals surface area contributed by atoms with Gasteiger partial charge in [-0.05, 0) is 72.8 Å². The molecule has 2 N–H and O–H groups in total. The average Bonchev–Trinajstić information content (AvgIpc) is 3.34. The molecule has 3 aromatic carbocycles. The first-order valence-corrected chi connectivity index (χ1v) is 12.5. The van der Waals surface area contributed by atoms with Crippen LogP contribution in [0.3, 0.4) is 0 Å². The number of nitrogens with one attached hydrogen (secondary N) is 2. The van der Waals surface area contributed by atoms with E-state index in [1.165, 1.54) is 31.4 Å². The van der Waals surface area contributed by atoms with Gasteiger partial charge in [-0.15, -0.1) is 0 Å². The van der Waals surface area contributed by atoms with Crippen LogP contribution in [0, 0.1) is 0 Å². The largest absolute Gasteiger partial charge is 0.497 e. The van der Waals surface area contributed by atoms with E-state index in [2.05, 4.69) is 15.0 Å². The summed E-state index contributed by atoms with van der Waals surface area (Å²) in [6, 6.07) is 25.5. The molecule has 1 amide bonds. The van der Waals surface area contributed by atoms with Crippen molar-refractivity contribution in [2.45, 2.75) is 4.90 Å². The minimum atomic E-state index is -3.81. The molecule has 5 aromatic rings. The summed E-state index contributed by atoms with van der Waals surface area (Å²) < 4.78 is 34.9. The molecule has 9 heteroatoms. The molecule has 2 aromatic heterocycles. The number of methoxy groups -OCH3 is 1. The van der Waals surface area contributed by atoms with Crippen LogP contribution >= 0.6 is 0 Å². The fourth-order valence-electron chi connectivity index (χ4n) is 3.66. The molecule has 0 radical (unpaired) electrons. The zero-order chi connectivity index (χ0) is 25.1. The van der Waals surface area contributed by atoms with E-state index in [-0.39, 0.29) is 10.8 Å². The van der Waals surface area contributed by atoms with Crippen LogP contribution in [0.2, 0.25) is 0 Å². The Hall–Kier alpha value is -4.63. The van der Waals surface area contributed by atoms with Crippen molar-refractivity contribution in [1.29, 1.82) is 0 Å². The number of aromatic nitrogens is 2. The molecule has 0 aliphatic carbocycles. The van der Waals surface area contributed by atoms with Crippen molar-refractivity contribution < 1.29 is 17.9 Å². The van der Waals surface area contributed by atoms with Gasteiger partial charge < -0.3 is 14.5 Å². The summed E-state index contributed by atoms with van der Waals surface area (Å²) in [6.45, 7) is 0. The maximum atomic E-state index is 12.7. The number of fused-ring (bicyclic) bond motifs is 1.